The molecule has 0 radical (unpaired) electrons. The second-order valence-electron chi connectivity index (χ2n) is 9.33. The van der Waals surface area contributed by atoms with Crippen LogP contribution in [-0.4, -0.2) is 57.1 Å². The fourth-order valence-corrected chi connectivity index (χ4v) is 4.86. The van der Waals surface area contributed by atoms with E-state index in [2.05, 4.69) is 25.0 Å². The topological polar surface area (TPSA) is 91.3 Å². The van der Waals surface area contributed by atoms with Crippen LogP contribution in [0.4, 0.5) is 14.8 Å². The highest BCUT2D eigenvalue weighted by Gasteiger charge is 2.43. The molecule has 9 nitrogen and oxygen atoms in total. The molecule has 1 aromatic carbocycles. The number of hydrogen-bond donors (Lipinski definition) is 0. The average Bonchev–Trinajstić information content (AvgIpc) is 3.48. The number of nitrogens with zero attached hydrogens (tertiary/aromatic N) is 6. The van der Waals surface area contributed by atoms with Crippen LogP contribution in [0.15, 0.2) is 41.3 Å². The van der Waals surface area contributed by atoms with Crippen molar-refractivity contribution in [3.63, 3.8) is 0 Å². The lowest BCUT2D eigenvalue weighted by atomic mass is 9.84. The highest BCUT2D eigenvalue weighted by atomic mass is 19.1. The van der Waals surface area contributed by atoms with Crippen molar-refractivity contribution in [2.45, 2.75) is 25.9 Å². The fourth-order valence-electron chi connectivity index (χ4n) is 4.86. The summed E-state index contributed by atoms with van der Waals surface area (Å²) >= 11 is 0. The predicted molar refractivity (Wildman–Crippen MR) is 122 cm³/mol. The van der Waals surface area contributed by atoms with Crippen molar-refractivity contribution < 1.29 is 22.8 Å². The monoisotopic (exact) mass is 482 g/mol. The van der Waals surface area contributed by atoms with E-state index in [1.807, 2.05) is 13.8 Å². The second-order valence-corrected chi connectivity index (χ2v) is 9.33. The van der Waals surface area contributed by atoms with E-state index in [-0.39, 0.29) is 29.5 Å². The molecule has 6 rings (SSSR count). The van der Waals surface area contributed by atoms with Gasteiger partial charge < -0.3 is 18.9 Å². The molecule has 5 heterocycles. The third-order valence-corrected chi connectivity index (χ3v) is 6.58. The van der Waals surface area contributed by atoms with Crippen molar-refractivity contribution in [2.24, 2.45) is 11.8 Å². The maximum atomic E-state index is 14.4. The number of anilines is 1. The lowest BCUT2D eigenvalue weighted by Gasteiger charge is -2.45. The van der Waals surface area contributed by atoms with Gasteiger partial charge in [0.15, 0.2) is 11.5 Å². The predicted octanol–water partition coefficient (Wildman–Crippen LogP) is 3.74. The summed E-state index contributed by atoms with van der Waals surface area (Å²) in [5.41, 5.74) is 0.677. The summed E-state index contributed by atoms with van der Waals surface area (Å²) < 4.78 is 47.2. The van der Waals surface area contributed by atoms with Crippen molar-refractivity contribution in [1.82, 2.24) is 24.7 Å². The fraction of sp³-hybridized carbons (Fsp3) is 0.417. The summed E-state index contributed by atoms with van der Waals surface area (Å²) in [5.74, 6) is 0.118. The van der Waals surface area contributed by atoms with Crippen molar-refractivity contribution in [3.05, 3.63) is 54.2 Å². The van der Waals surface area contributed by atoms with Gasteiger partial charge in [-0.15, -0.1) is 0 Å². The van der Waals surface area contributed by atoms with Crippen LogP contribution in [0.3, 0.4) is 0 Å². The van der Waals surface area contributed by atoms with Crippen LogP contribution < -0.4 is 9.64 Å². The van der Waals surface area contributed by atoms with E-state index in [0.29, 0.717) is 55.1 Å². The molecule has 2 atom stereocenters. The van der Waals surface area contributed by atoms with Crippen LogP contribution in [-0.2, 0) is 4.74 Å². The number of ether oxygens (including phenoxy) is 2. The van der Waals surface area contributed by atoms with Gasteiger partial charge in [0.2, 0.25) is 5.88 Å². The molecule has 2 bridgehead atoms. The first-order valence-electron chi connectivity index (χ1n) is 11.6. The number of aromatic nitrogens is 5. The van der Waals surface area contributed by atoms with Crippen molar-refractivity contribution >= 4 is 17.0 Å². The molecule has 35 heavy (non-hydrogen) atoms. The largest absolute Gasteiger partial charge is 0.473 e. The highest BCUT2D eigenvalue weighted by molar-refractivity contribution is 5.82. The third-order valence-electron chi connectivity index (χ3n) is 6.58. The van der Waals surface area contributed by atoms with Gasteiger partial charge in [-0.3, -0.25) is 4.57 Å². The standard InChI is InChI=1S/C24H24F2N6O3/c1-13(2)21-29-24(35-30-21)31-8-14-10-33-11-15(9-31)20(14)34-23-17-5-6-32(22(17)27-12-28-23)19-4-3-16(25)7-18(19)26/h3-7,12-15,20H,8-11H2,1-2H3. The average molecular weight is 482 g/mol. The molecule has 2 fully saturated rings. The van der Waals surface area contributed by atoms with Crippen molar-refractivity contribution in [2.75, 3.05) is 31.2 Å². The van der Waals surface area contributed by atoms with Crippen LogP contribution in [0.25, 0.3) is 16.7 Å². The maximum Gasteiger partial charge on any atom is 0.324 e. The van der Waals surface area contributed by atoms with Gasteiger partial charge in [-0.05, 0) is 18.2 Å². The lowest BCUT2D eigenvalue weighted by molar-refractivity contribution is -0.0770. The molecule has 11 heteroatoms. The van der Waals surface area contributed by atoms with Crippen molar-refractivity contribution in [1.29, 1.82) is 0 Å². The molecule has 0 saturated carbocycles. The Morgan fingerprint density at radius 1 is 1.09 bits per heavy atom. The summed E-state index contributed by atoms with van der Waals surface area (Å²) in [6, 6.07) is 5.74. The zero-order chi connectivity index (χ0) is 24.1. The van der Waals surface area contributed by atoms with E-state index in [9.17, 15) is 8.78 Å². The zero-order valence-electron chi connectivity index (χ0n) is 19.3. The van der Waals surface area contributed by atoms with Gasteiger partial charge in [-0.1, -0.05) is 19.0 Å². The quantitative estimate of drug-likeness (QED) is 0.425. The van der Waals surface area contributed by atoms with E-state index < -0.39 is 11.6 Å². The Balaban J connectivity index is 1.27. The highest BCUT2D eigenvalue weighted by Crippen LogP contribution is 2.35. The molecule has 0 spiro atoms. The first-order chi connectivity index (χ1) is 17.0. The normalized spacial score (nSPS) is 22.2. The van der Waals surface area contributed by atoms with Gasteiger partial charge >= 0.3 is 6.01 Å². The Morgan fingerprint density at radius 2 is 1.89 bits per heavy atom. The summed E-state index contributed by atoms with van der Waals surface area (Å²) in [5, 5.41) is 4.74. The van der Waals surface area contributed by atoms with Crippen LogP contribution in [0.2, 0.25) is 0 Å². The Morgan fingerprint density at radius 3 is 2.60 bits per heavy atom. The van der Waals surface area contributed by atoms with Gasteiger partial charge in [0.05, 0.1) is 24.3 Å². The number of fused-ring (bicyclic) bond motifs is 3. The zero-order valence-corrected chi connectivity index (χ0v) is 19.3. The van der Waals surface area contributed by atoms with E-state index >= 15 is 0 Å². The maximum absolute atomic E-state index is 14.4. The van der Waals surface area contributed by atoms with E-state index in [1.54, 1.807) is 16.8 Å². The Labute approximate surface area is 199 Å². The van der Waals surface area contributed by atoms with E-state index in [0.717, 1.165) is 6.07 Å². The molecular formula is C24H24F2N6O3. The number of rotatable bonds is 5. The van der Waals surface area contributed by atoms with Crippen LogP contribution in [0.1, 0.15) is 25.6 Å². The first-order valence-corrected chi connectivity index (χ1v) is 11.6. The third kappa shape index (κ3) is 3.89. The molecule has 2 unspecified atom stereocenters. The summed E-state index contributed by atoms with van der Waals surface area (Å²) in [4.78, 5) is 15.3. The molecule has 0 aliphatic carbocycles. The number of hydrogen-bond acceptors (Lipinski definition) is 8. The van der Waals surface area contributed by atoms with Gasteiger partial charge in [0.1, 0.15) is 24.1 Å². The van der Waals surface area contributed by atoms with Gasteiger partial charge in [-0.25, -0.2) is 18.7 Å². The Kier molecular flexibility index (Phi) is 5.36. The molecule has 3 aromatic heterocycles. The summed E-state index contributed by atoms with van der Waals surface area (Å²) in [7, 11) is 0. The first kappa shape index (κ1) is 21.9. The van der Waals surface area contributed by atoms with Crippen LogP contribution >= 0.6 is 0 Å². The van der Waals surface area contributed by atoms with Crippen LogP contribution in [0, 0.1) is 23.5 Å². The van der Waals surface area contributed by atoms with Gasteiger partial charge in [0.25, 0.3) is 0 Å². The number of benzene rings is 1. The van der Waals surface area contributed by atoms with Crippen LogP contribution in [0.5, 0.6) is 5.88 Å². The number of halogens is 2. The SMILES string of the molecule is CC(C)c1noc(N2CC3COCC(C2)C3Oc2ncnc3c2ccn3-c2ccc(F)cc2F)n1. The molecule has 2 aliphatic heterocycles. The molecule has 2 aliphatic rings. The summed E-state index contributed by atoms with van der Waals surface area (Å²) in [6.07, 6.45) is 2.94. The molecule has 182 valence electrons. The van der Waals surface area contributed by atoms with Crippen molar-refractivity contribution in [3.8, 4) is 11.6 Å². The minimum atomic E-state index is -0.677. The van der Waals surface area contributed by atoms with E-state index in [4.69, 9.17) is 14.0 Å². The van der Waals surface area contributed by atoms with Gasteiger partial charge in [-0.2, -0.15) is 4.98 Å². The minimum absolute atomic E-state index is 0.0681. The number of piperidine rings is 1. The Bertz CT molecular complexity index is 1360. The molecular weight excluding hydrogens is 458 g/mol. The second kappa shape index (κ2) is 8.56. The molecule has 0 N–H and O–H groups in total. The minimum Gasteiger partial charge on any atom is -0.473 e. The summed E-state index contributed by atoms with van der Waals surface area (Å²) in [6.45, 7) is 6.43. The van der Waals surface area contributed by atoms with Gasteiger partial charge in [0, 0.05) is 43.1 Å². The molecule has 4 aromatic rings. The van der Waals surface area contributed by atoms with E-state index in [1.165, 1.54) is 18.5 Å². The Hall–Kier alpha value is -3.60. The lowest BCUT2D eigenvalue weighted by Crippen LogP contribution is -2.57. The molecule has 0 amide bonds. The smallest absolute Gasteiger partial charge is 0.324 e. The molecule has 2 saturated heterocycles.